The lowest BCUT2D eigenvalue weighted by Crippen LogP contribution is -2.32. The van der Waals surface area contributed by atoms with Crippen LogP contribution < -0.4 is 9.64 Å². The minimum Gasteiger partial charge on any atom is -0.457 e. The van der Waals surface area contributed by atoms with E-state index in [2.05, 4.69) is 266 Å². The SMILES string of the molecule is c1ccc(-c2cccc3sc4ccc(N(c5ccc(C6(c7ccccc7)c7ccccc7-c7ccccc76)cc5)c5ccc6c(c5)C5(c7ccccc7O6)c6ccccc6-c6ccccc65)cc4c23)cc1. The molecule has 332 valence electrons. The van der Waals surface area contributed by atoms with Gasteiger partial charge in [0.05, 0.1) is 10.8 Å². The van der Waals surface area contributed by atoms with Crippen molar-refractivity contribution < 1.29 is 4.74 Å². The van der Waals surface area contributed by atoms with Gasteiger partial charge in [0.2, 0.25) is 0 Å². The predicted molar refractivity (Wildman–Crippen MR) is 294 cm³/mol. The average molecular weight is 922 g/mol. The molecule has 1 aliphatic heterocycles. The van der Waals surface area contributed by atoms with E-state index in [1.165, 1.54) is 86.9 Å². The first-order chi connectivity index (χ1) is 35.2. The van der Waals surface area contributed by atoms with E-state index in [1.54, 1.807) is 0 Å². The zero-order valence-electron chi connectivity index (χ0n) is 38.6. The maximum Gasteiger partial charge on any atom is 0.132 e. The molecule has 71 heavy (non-hydrogen) atoms. The van der Waals surface area contributed by atoms with Gasteiger partial charge in [-0.1, -0.05) is 200 Å². The Hall–Kier alpha value is -8.76. The van der Waals surface area contributed by atoms with Crippen molar-refractivity contribution in [3.05, 3.63) is 305 Å². The van der Waals surface area contributed by atoms with Crippen LogP contribution in [0.25, 0.3) is 53.6 Å². The van der Waals surface area contributed by atoms with E-state index in [0.717, 1.165) is 39.7 Å². The lowest BCUT2D eigenvalue weighted by Gasteiger charge is -2.40. The van der Waals surface area contributed by atoms with Crippen LogP contribution in [0.3, 0.4) is 0 Å². The molecule has 0 fully saturated rings. The molecule has 0 saturated heterocycles. The summed E-state index contributed by atoms with van der Waals surface area (Å²) in [5.41, 5.74) is 19.6. The minimum atomic E-state index is -0.605. The molecule has 3 aliphatic rings. The third-order valence-corrected chi connectivity index (χ3v) is 16.8. The maximum atomic E-state index is 6.96. The summed E-state index contributed by atoms with van der Waals surface area (Å²) in [4.78, 5) is 2.46. The quantitative estimate of drug-likeness (QED) is 0.165. The number of hydrogen-bond donors (Lipinski definition) is 0. The van der Waals surface area contributed by atoms with E-state index in [-0.39, 0.29) is 0 Å². The van der Waals surface area contributed by atoms with Crippen LogP contribution in [0.5, 0.6) is 11.5 Å². The number of benzene rings is 11. The second-order valence-corrected chi connectivity index (χ2v) is 20.1. The van der Waals surface area contributed by atoms with E-state index < -0.39 is 10.8 Å². The highest BCUT2D eigenvalue weighted by molar-refractivity contribution is 7.26. The highest BCUT2D eigenvalue weighted by Gasteiger charge is 2.51. The first kappa shape index (κ1) is 40.2. The zero-order valence-corrected chi connectivity index (χ0v) is 39.4. The Labute approximate surface area is 417 Å². The molecule has 0 radical (unpaired) electrons. The largest absolute Gasteiger partial charge is 0.457 e. The van der Waals surface area contributed by atoms with Gasteiger partial charge < -0.3 is 9.64 Å². The normalized spacial score (nSPS) is 14.0. The number of rotatable bonds is 6. The number of nitrogens with zero attached hydrogens (tertiary/aromatic N) is 1. The van der Waals surface area contributed by atoms with Crippen molar-refractivity contribution in [3.8, 4) is 44.9 Å². The summed E-state index contributed by atoms with van der Waals surface area (Å²) in [5, 5.41) is 2.53. The summed E-state index contributed by atoms with van der Waals surface area (Å²) >= 11 is 1.86. The molecule has 15 rings (SSSR count). The van der Waals surface area contributed by atoms with E-state index in [1.807, 2.05) is 11.3 Å². The Bertz CT molecular complexity index is 4000. The van der Waals surface area contributed by atoms with Crippen LogP contribution >= 0.6 is 11.3 Å². The van der Waals surface area contributed by atoms with E-state index >= 15 is 0 Å². The third kappa shape index (κ3) is 5.58. The summed E-state index contributed by atoms with van der Waals surface area (Å²) in [7, 11) is 0. The summed E-state index contributed by atoms with van der Waals surface area (Å²) < 4.78 is 9.50. The molecule has 0 unspecified atom stereocenters. The molecular weight excluding hydrogens is 879 g/mol. The van der Waals surface area contributed by atoms with Crippen molar-refractivity contribution in [2.75, 3.05) is 4.90 Å². The van der Waals surface area contributed by atoms with Crippen molar-refractivity contribution in [2.24, 2.45) is 0 Å². The molecule has 0 N–H and O–H groups in total. The van der Waals surface area contributed by atoms with Gasteiger partial charge >= 0.3 is 0 Å². The second-order valence-electron chi connectivity index (χ2n) is 19.0. The van der Waals surface area contributed by atoms with Gasteiger partial charge in [-0.15, -0.1) is 11.3 Å². The standard InChI is InChI=1S/C68H43NOS/c1-3-18-44(19-4-1)50-26-17-33-65-66(50)55-42-48(39-41-64(55)71-65)69(47-36-34-46(35-37-47)67(45-20-5-2-6-21-45)56-27-11-7-22-51(56)52-23-8-12-28-57(52)67)49-38-40-63-61(43-49)68(60-31-15-16-32-62(60)70-63)58-29-13-9-24-53(58)54-25-10-14-30-59(54)68/h1-43H. The second kappa shape index (κ2) is 15.4. The van der Waals surface area contributed by atoms with Crippen LogP contribution in [-0.4, -0.2) is 0 Å². The van der Waals surface area contributed by atoms with Gasteiger partial charge in [-0.2, -0.15) is 0 Å². The molecule has 0 atom stereocenters. The van der Waals surface area contributed by atoms with Crippen LogP contribution in [0.15, 0.2) is 261 Å². The number of anilines is 3. The minimum absolute atomic E-state index is 0.508. The number of fused-ring (bicyclic) bond motifs is 15. The fourth-order valence-electron chi connectivity index (χ4n) is 12.8. The van der Waals surface area contributed by atoms with Gasteiger partial charge in [0, 0.05) is 48.4 Å². The molecule has 0 saturated carbocycles. The monoisotopic (exact) mass is 921 g/mol. The smallest absolute Gasteiger partial charge is 0.132 e. The van der Waals surface area contributed by atoms with Gasteiger partial charge in [-0.25, -0.2) is 0 Å². The molecule has 12 aromatic rings. The van der Waals surface area contributed by atoms with Crippen LogP contribution in [0, 0.1) is 0 Å². The van der Waals surface area contributed by atoms with Crippen LogP contribution in [-0.2, 0) is 10.8 Å². The fourth-order valence-corrected chi connectivity index (χ4v) is 13.9. The summed E-state index contributed by atoms with van der Waals surface area (Å²) in [6.07, 6.45) is 0. The highest BCUT2D eigenvalue weighted by atomic mass is 32.1. The van der Waals surface area contributed by atoms with Gasteiger partial charge in [-0.05, 0) is 127 Å². The van der Waals surface area contributed by atoms with Crippen molar-refractivity contribution in [2.45, 2.75) is 10.8 Å². The summed E-state index contributed by atoms with van der Waals surface area (Å²) in [5.74, 6) is 1.75. The molecule has 2 nitrogen and oxygen atoms in total. The molecule has 11 aromatic carbocycles. The first-order valence-corrected chi connectivity index (χ1v) is 25.3. The van der Waals surface area contributed by atoms with Crippen molar-refractivity contribution >= 4 is 48.6 Å². The number of ether oxygens (including phenoxy) is 1. The molecule has 1 spiro atoms. The van der Waals surface area contributed by atoms with E-state index in [9.17, 15) is 0 Å². The third-order valence-electron chi connectivity index (χ3n) is 15.6. The molecule has 3 heteroatoms. The van der Waals surface area contributed by atoms with Gasteiger partial charge in [0.25, 0.3) is 0 Å². The van der Waals surface area contributed by atoms with Gasteiger partial charge in [-0.3, -0.25) is 0 Å². The summed E-state index contributed by atoms with van der Waals surface area (Å²) in [6.45, 7) is 0. The van der Waals surface area contributed by atoms with Crippen LogP contribution in [0.1, 0.15) is 44.5 Å². The Morgan fingerprint density at radius 1 is 0.310 bits per heavy atom. The molecule has 2 aliphatic carbocycles. The van der Waals surface area contributed by atoms with Crippen LogP contribution in [0.4, 0.5) is 17.1 Å². The Morgan fingerprint density at radius 3 is 1.44 bits per heavy atom. The molecule has 0 bridgehead atoms. The lowest BCUT2D eigenvalue weighted by atomic mass is 9.66. The predicted octanol–water partition coefficient (Wildman–Crippen LogP) is 18.0. The Balaban J connectivity index is 0.981. The van der Waals surface area contributed by atoms with Gasteiger partial charge in [0.15, 0.2) is 0 Å². The zero-order chi connectivity index (χ0) is 46.7. The first-order valence-electron chi connectivity index (χ1n) is 24.5. The maximum absolute atomic E-state index is 6.96. The number of thiophene rings is 1. The highest BCUT2D eigenvalue weighted by Crippen LogP contribution is 2.63. The van der Waals surface area contributed by atoms with E-state index in [0.29, 0.717) is 0 Å². The molecular formula is C68H43NOS. The molecule has 2 heterocycles. The topological polar surface area (TPSA) is 12.5 Å². The van der Waals surface area contributed by atoms with Crippen molar-refractivity contribution in [1.82, 2.24) is 0 Å². The van der Waals surface area contributed by atoms with Crippen LogP contribution in [0.2, 0.25) is 0 Å². The molecule has 0 amide bonds. The Kier molecular flexibility index (Phi) is 8.69. The van der Waals surface area contributed by atoms with Crippen molar-refractivity contribution in [1.29, 1.82) is 0 Å². The average Bonchev–Trinajstić information content (AvgIpc) is 4.07. The lowest BCUT2D eigenvalue weighted by molar-refractivity contribution is 0.436. The number of hydrogen-bond acceptors (Lipinski definition) is 3. The van der Waals surface area contributed by atoms with Crippen molar-refractivity contribution in [3.63, 3.8) is 0 Å². The van der Waals surface area contributed by atoms with Gasteiger partial charge in [0.1, 0.15) is 11.5 Å². The molecule has 1 aromatic heterocycles. The van der Waals surface area contributed by atoms with E-state index in [4.69, 9.17) is 4.74 Å². The summed E-state index contributed by atoms with van der Waals surface area (Å²) in [6, 6.07) is 96.5. The number of para-hydroxylation sites is 1. The Morgan fingerprint density at radius 2 is 0.789 bits per heavy atom. The fraction of sp³-hybridized carbons (Fsp3) is 0.0294.